The van der Waals surface area contributed by atoms with Crippen LogP contribution in [-0.4, -0.2) is 61.5 Å². The Kier molecular flexibility index (Phi) is 5.86. The summed E-state index contributed by atoms with van der Waals surface area (Å²) in [5.41, 5.74) is -0.159. The van der Waals surface area contributed by atoms with Gasteiger partial charge in [-0.15, -0.1) is 0 Å². The molecule has 1 saturated heterocycles. The van der Waals surface area contributed by atoms with Gasteiger partial charge in [0.1, 0.15) is 0 Å². The molecule has 0 aromatic heterocycles. The molecule has 1 fully saturated rings. The van der Waals surface area contributed by atoms with Crippen molar-refractivity contribution in [1.29, 1.82) is 0 Å². The van der Waals surface area contributed by atoms with Crippen LogP contribution in [0, 0.1) is 5.92 Å². The van der Waals surface area contributed by atoms with Crippen LogP contribution in [0.4, 0.5) is 0 Å². The van der Waals surface area contributed by atoms with Crippen molar-refractivity contribution in [2.45, 2.75) is 38.8 Å². The lowest BCUT2D eigenvalue weighted by Crippen LogP contribution is -2.52. The molecule has 2 N–H and O–H groups in total. The molecule has 0 aliphatic carbocycles. The zero-order valence-electron chi connectivity index (χ0n) is 11.7. The average molecular weight is 244 g/mol. The predicted molar refractivity (Wildman–Crippen MR) is 70.2 cm³/mol. The standard InChI is InChI=1S/C13H28N2O2/c1-5-14-12-6-7-17-9-11(12)8-15(4)13(2,3)10-16/h11-12,14,16H,5-10H2,1-4H3. The van der Waals surface area contributed by atoms with Crippen LogP contribution in [-0.2, 0) is 4.74 Å². The zero-order valence-corrected chi connectivity index (χ0v) is 11.7. The number of hydrogen-bond donors (Lipinski definition) is 2. The van der Waals surface area contributed by atoms with Crippen LogP contribution in [0.15, 0.2) is 0 Å². The van der Waals surface area contributed by atoms with Crippen LogP contribution in [0.3, 0.4) is 0 Å². The maximum atomic E-state index is 9.37. The van der Waals surface area contributed by atoms with E-state index in [4.69, 9.17) is 4.74 Å². The van der Waals surface area contributed by atoms with Gasteiger partial charge in [0.25, 0.3) is 0 Å². The molecule has 2 atom stereocenters. The van der Waals surface area contributed by atoms with Crippen molar-refractivity contribution in [3.63, 3.8) is 0 Å². The monoisotopic (exact) mass is 244 g/mol. The molecular weight excluding hydrogens is 216 g/mol. The smallest absolute Gasteiger partial charge is 0.0609 e. The third-order valence-corrected chi connectivity index (χ3v) is 3.87. The van der Waals surface area contributed by atoms with E-state index < -0.39 is 0 Å². The van der Waals surface area contributed by atoms with Crippen LogP contribution < -0.4 is 5.32 Å². The molecule has 0 spiro atoms. The first kappa shape index (κ1) is 14.9. The van der Waals surface area contributed by atoms with Crippen molar-refractivity contribution in [1.82, 2.24) is 10.2 Å². The minimum Gasteiger partial charge on any atom is -0.394 e. The molecule has 1 aliphatic rings. The van der Waals surface area contributed by atoms with Crippen molar-refractivity contribution in [3.05, 3.63) is 0 Å². The number of aliphatic hydroxyl groups is 1. The summed E-state index contributed by atoms with van der Waals surface area (Å²) in [6.07, 6.45) is 1.09. The van der Waals surface area contributed by atoms with Crippen LogP contribution in [0.5, 0.6) is 0 Å². The molecule has 0 amide bonds. The lowest BCUT2D eigenvalue weighted by molar-refractivity contribution is -0.00386. The summed E-state index contributed by atoms with van der Waals surface area (Å²) < 4.78 is 5.58. The van der Waals surface area contributed by atoms with E-state index in [9.17, 15) is 5.11 Å². The Morgan fingerprint density at radius 3 is 2.76 bits per heavy atom. The van der Waals surface area contributed by atoms with Crippen LogP contribution in [0.25, 0.3) is 0 Å². The summed E-state index contributed by atoms with van der Waals surface area (Å²) in [6.45, 7) is 10.1. The molecule has 0 radical (unpaired) electrons. The van der Waals surface area contributed by atoms with Crippen molar-refractivity contribution in [3.8, 4) is 0 Å². The highest BCUT2D eigenvalue weighted by Gasteiger charge is 2.30. The minimum absolute atomic E-state index is 0.159. The number of ether oxygens (including phenoxy) is 1. The topological polar surface area (TPSA) is 44.7 Å². The van der Waals surface area contributed by atoms with Gasteiger partial charge in [0, 0.05) is 30.7 Å². The molecule has 4 heteroatoms. The van der Waals surface area contributed by atoms with E-state index in [1.807, 2.05) is 0 Å². The Labute approximate surface area is 105 Å². The molecule has 102 valence electrons. The van der Waals surface area contributed by atoms with E-state index in [0.29, 0.717) is 12.0 Å². The Morgan fingerprint density at radius 2 is 2.18 bits per heavy atom. The average Bonchev–Trinajstić information content (AvgIpc) is 2.32. The minimum atomic E-state index is -0.159. The normalized spacial score (nSPS) is 26.5. The highest BCUT2D eigenvalue weighted by Crippen LogP contribution is 2.20. The summed E-state index contributed by atoms with van der Waals surface area (Å²) in [6, 6.07) is 0.547. The van der Waals surface area contributed by atoms with Crippen molar-refractivity contribution in [2.75, 3.05) is 40.0 Å². The van der Waals surface area contributed by atoms with Crippen molar-refractivity contribution < 1.29 is 9.84 Å². The fourth-order valence-corrected chi connectivity index (χ4v) is 2.23. The molecule has 1 aliphatic heterocycles. The van der Waals surface area contributed by atoms with Crippen molar-refractivity contribution in [2.24, 2.45) is 5.92 Å². The number of hydrogen-bond acceptors (Lipinski definition) is 4. The van der Waals surface area contributed by atoms with Crippen LogP contribution >= 0.6 is 0 Å². The van der Waals surface area contributed by atoms with Gasteiger partial charge in [0.15, 0.2) is 0 Å². The van der Waals surface area contributed by atoms with Gasteiger partial charge in [-0.1, -0.05) is 6.92 Å². The van der Waals surface area contributed by atoms with E-state index in [1.165, 1.54) is 0 Å². The highest BCUT2D eigenvalue weighted by molar-refractivity contribution is 4.86. The fourth-order valence-electron chi connectivity index (χ4n) is 2.23. The quantitative estimate of drug-likeness (QED) is 0.722. The largest absolute Gasteiger partial charge is 0.394 e. The summed E-state index contributed by atoms with van der Waals surface area (Å²) in [5, 5.41) is 12.9. The number of aliphatic hydroxyl groups excluding tert-OH is 1. The second-order valence-electron chi connectivity index (χ2n) is 5.64. The first-order valence-corrected chi connectivity index (χ1v) is 6.64. The molecule has 4 nitrogen and oxygen atoms in total. The SMILES string of the molecule is CCNC1CCOCC1CN(C)C(C)(C)CO. The van der Waals surface area contributed by atoms with Gasteiger partial charge in [-0.05, 0) is 33.9 Å². The molecule has 0 aromatic rings. The first-order chi connectivity index (χ1) is 8.01. The van der Waals surface area contributed by atoms with Gasteiger partial charge in [0.2, 0.25) is 0 Å². The molecule has 0 saturated carbocycles. The summed E-state index contributed by atoms with van der Waals surface area (Å²) in [4.78, 5) is 2.23. The fraction of sp³-hybridized carbons (Fsp3) is 1.00. The maximum Gasteiger partial charge on any atom is 0.0609 e. The van der Waals surface area contributed by atoms with Gasteiger partial charge in [0.05, 0.1) is 13.2 Å². The number of nitrogens with zero attached hydrogens (tertiary/aromatic N) is 1. The number of rotatable bonds is 6. The number of likely N-dealkylation sites (N-methyl/N-ethyl adjacent to an activating group) is 1. The Bertz CT molecular complexity index is 219. The molecule has 17 heavy (non-hydrogen) atoms. The Hall–Kier alpha value is -0.160. The second-order valence-corrected chi connectivity index (χ2v) is 5.64. The van der Waals surface area contributed by atoms with Gasteiger partial charge >= 0.3 is 0 Å². The molecule has 1 heterocycles. The zero-order chi connectivity index (χ0) is 12.9. The third-order valence-electron chi connectivity index (χ3n) is 3.87. The van der Waals surface area contributed by atoms with Gasteiger partial charge < -0.3 is 15.2 Å². The summed E-state index contributed by atoms with van der Waals surface area (Å²) in [7, 11) is 2.08. The molecule has 1 rings (SSSR count). The first-order valence-electron chi connectivity index (χ1n) is 6.64. The van der Waals surface area contributed by atoms with Gasteiger partial charge in [-0.25, -0.2) is 0 Å². The van der Waals surface area contributed by atoms with E-state index in [-0.39, 0.29) is 12.1 Å². The number of nitrogens with one attached hydrogen (secondary N) is 1. The molecule has 0 bridgehead atoms. The second kappa shape index (κ2) is 6.69. The van der Waals surface area contributed by atoms with E-state index in [1.54, 1.807) is 0 Å². The van der Waals surface area contributed by atoms with Crippen LogP contribution in [0.2, 0.25) is 0 Å². The highest BCUT2D eigenvalue weighted by atomic mass is 16.5. The summed E-state index contributed by atoms with van der Waals surface area (Å²) in [5.74, 6) is 0.513. The summed E-state index contributed by atoms with van der Waals surface area (Å²) >= 11 is 0. The van der Waals surface area contributed by atoms with Gasteiger partial charge in [-0.3, -0.25) is 4.90 Å². The predicted octanol–water partition coefficient (Wildman–Crippen LogP) is 0.704. The molecule has 0 aromatic carbocycles. The Morgan fingerprint density at radius 1 is 1.47 bits per heavy atom. The van der Waals surface area contributed by atoms with E-state index in [2.05, 4.69) is 38.0 Å². The Balaban J connectivity index is 2.52. The lowest BCUT2D eigenvalue weighted by atomic mass is 9.93. The third kappa shape index (κ3) is 4.21. The molecular formula is C13H28N2O2. The maximum absolute atomic E-state index is 9.37. The van der Waals surface area contributed by atoms with Crippen LogP contribution in [0.1, 0.15) is 27.2 Å². The molecule has 2 unspecified atom stereocenters. The van der Waals surface area contributed by atoms with Crippen molar-refractivity contribution >= 4 is 0 Å². The lowest BCUT2D eigenvalue weighted by Gasteiger charge is -2.40. The van der Waals surface area contributed by atoms with E-state index in [0.717, 1.165) is 32.7 Å². The van der Waals surface area contributed by atoms with Gasteiger partial charge in [-0.2, -0.15) is 0 Å². The van der Waals surface area contributed by atoms with E-state index >= 15 is 0 Å².